The van der Waals surface area contributed by atoms with Crippen LogP contribution in [0.2, 0.25) is 0 Å². The Labute approximate surface area is 97.1 Å². The van der Waals surface area contributed by atoms with Gasteiger partial charge in [-0.3, -0.25) is 0 Å². The SMILES string of the molecule is C[C@H](O)CCc1cccnc1N1CCCC1. The highest BCUT2D eigenvalue weighted by molar-refractivity contribution is 5.47. The van der Waals surface area contributed by atoms with Crippen LogP contribution in [0.5, 0.6) is 0 Å². The van der Waals surface area contributed by atoms with Crippen LogP contribution in [0.3, 0.4) is 0 Å². The third-order valence-corrected chi connectivity index (χ3v) is 3.10. The minimum atomic E-state index is -0.230. The van der Waals surface area contributed by atoms with Gasteiger partial charge >= 0.3 is 0 Å². The molecule has 2 rings (SSSR count). The number of aliphatic hydroxyl groups excluding tert-OH is 1. The molecule has 1 aromatic rings. The molecule has 2 heterocycles. The second-order valence-electron chi connectivity index (χ2n) is 4.57. The van der Waals surface area contributed by atoms with Crippen molar-refractivity contribution in [1.29, 1.82) is 0 Å². The van der Waals surface area contributed by atoms with Crippen molar-refractivity contribution in [3.8, 4) is 0 Å². The van der Waals surface area contributed by atoms with Gasteiger partial charge < -0.3 is 10.0 Å². The maximum atomic E-state index is 9.34. The first-order chi connectivity index (χ1) is 7.77. The van der Waals surface area contributed by atoms with Gasteiger partial charge in [-0.05, 0) is 44.2 Å². The van der Waals surface area contributed by atoms with E-state index in [1.165, 1.54) is 18.4 Å². The lowest BCUT2D eigenvalue weighted by Crippen LogP contribution is -2.20. The van der Waals surface area contributed by atoms with E-state index in [0.29, 0.717) is 0 Å². The highest BCUT2D eigenvalue weighted by Gasteiger charge is 2.16. The van der Waals surface area contributed by atoms with Gasteiger partial charge in [-0.15, -0.1) is 0 Å². The van der Waals surface area contributed by atoms with Crippen molar-refractivity contribution in [2.24, 2.45) is 0 Å². The molecule has 1 aromatic heterocycles. The third-order valence-electron chi connectivity index (χ3n) is 3.10. The lowest BCUT2D eigenvalue weighted by Gasteiger charge is -2.20. The van der Waals surface area contributed by atoms with Crippen LogP contribution in [0.25, 0.3) is 0 Å². The number of pyridine rings is 1. The predicted molar refractivity (Wildman–Crippen MR) is 65.7 cm³/mol. The molecular weight excluding hydrogens is 200 g/mol. The summed E-state index contributed by atoms with van der Waals surface area (Å²) < 4.78 is 0. The van der Waals surface area contributed by atoms with Crippen molar-refractivity contribution >= 4 is 5.82 Å². The molecule has 1 aliphatic rings. The molecule has 1 aliphatic heterocycles. The standard InChI is InChI=1S/C13H20N2O/c1-11(16)6-7-12-5-4-8-14-13(12)15-9-2-3-10-15/h4-5,8,11,16H,2-3,6-7,9-10H2,1H3/t11-/m0/s1. The lowest BCUT2D eigenvalue weighted by atomic mass is 10.1. The lowest BCUT2D eigenvalue weighted by molar-refractivity contribution is 0.185. The fourth-order valence-electron chi connectivity index (χ4n) is 2.20. The smallest absolute Gasteiger partial charge is 0.131 e. The molecule has 88 valence electrons. The number of nitrogens with zero attached hydrogens (tertiary/aromatic N) is 2. The van der Waals surface area contributed by atoms with Gasteiger partial charge in [-0.1, -0.05) is 6.07 Å². The van der Waals surface area contributed by atoms with Crippen LogP contribution < -0.4 is 4.90 Å². The fraction of sp³-hybridized carbons (Fsp3) is 0.615. The average molecular weight is 220 g/mol. The maximum Gasteiger partial charge on any atom is 0.131 e. The second-order valence-corrected chi connectivity index (χ2v) is 4.57. The van der Waals surface area contributed by atoms with Gasteiger partial charge in [0.05, 0.1) is 6.10 Å². The Bertz CT molecular complexity index is 332. The molecule has 3 heteroatoms. The molecule has 0 aliphatic carbocycles. The van der Waals surface area contributed by atoms with E-state index in [4.69, 9.17) is 0 Å². The van der Waals surface area contributed by atoms with E-state index < -0.39 is 0 Å². The number of aliphatic hydroxyl groups is 1. The summed E-state index contributed by atoms with van der Waals surface area (Å²) in [5.74, 6) is 1.13. The van der Waals surface area contributed by atoms with E-state index >= 15 is 0 Å². The second kappa shape index (κ2) is 5.30. The largest absolute Gasteiger partial charge is 0.393 e. The zero-order chi connectivity index (χ0) is 11.4. The van der Waals surface area contributed by atoms with Gasteiger partial charge in [0.25, 0.3) is 0 Å². The molecule has 0 saturated carbocycles. The highest BCUT2D eigenvalue weighted by Crippen LogP contribution is 2.23. The van der Waals surface area contributed by atoms with E-state index in [1.807, 2.05) is 19.2 Å². The number of hydrogen-bond donors (Lipinski definition) is 1. The van der Waals surface area contributed by atoms with Crippen LogP contribution in [-0.4, -0.2) is 29.3 Å². The van der Waals surface area contributed by atoms with E-state index in [0.717, 1.165) is 31.7 Å². The number of hydrogen-bond acceptors (Lipinski definition) is 3. The first kappa shape index (κ1) is 11.4. The summed E-state index contributed by atoms with van der Waals surface area (Å²) in [4.78, 5) is 6.84. The Morgan fingerprint density at radius 3 is 2.88 bits per heavy atom. The van der Waals surface area contributed by atoms with Crippen molar-refractivity contribution < 1.29 is 5.11 Å². The van der Waals surface area contributed by atoms with Crippen LogP contribution in [-0.2, 0) is 6.42 Å². The van der Waals surface area contributed by atoms with Gasteiger partial charge in [0.1, 0.15) is 5.82 Å². The van der Waals surface area contributed by atoms with E-state index in [9.17, 15) is 5.11 Å². The first-order valence-electron chi connectivity index (χ1n) is 6.14. The molecule has 16 heavy (non-hydrogen) atoms. The topological polar surface area (TPSA) is 36.4 Å². The third kappa shape index (κ3) is 2.73. The summed E-state index contributed by atoms with van der Waals surface area (Å²) in [6, 6.07) is 4.11. The summed E-state index contributed by atoms with van der Waals surface area (Å²) in [7, 11) is 0. The van der Waals surface area contributed by atoms with Crippen molar-refractivity contribution in [2.45, 2.75) is 38.7 Å². The van der Waals surface area contributed by atoms with Crippen molar-refractivity contribution in [3.63, 3.8) is 0 Å². The van der Waals surface area contributed by atoms with Crippen molar-refractivity contribution in [3.05, 3.63) is 23.9 Å². The van der Waals surface area contributed by atoms with Gasteiger partial charge in [0.15, 0.2) is 0 Å². The Morgan fingerprint density at radius 2 is 2.19 bits per heavy atom. The predicted octanol–water partition coefficient (Wildman–Crippen LogP) is 2.00. The molecule has 1 fully saturated rings. The molecule has 0 spiro atoms. The molecule has 0 bridgehead atoms. The molecule has 1 saturated heterocycles. The van der Waals surface area contributed by atoms with E-state index in [1.54, 1.807) is 0 Å². The summed E-state index contributed by atoms with van der Waals surface area (Å²) in [5.41, 5.74) is 1.27. The Balaban J connectivity index is 2.10. The molecule has 1 atom stereocenters. The Kier molecular flexibility index (Phi) is 3.78. The minimum absolute atomic E-state index is 0.230. The highest BCUT2D eigenvalue weighted by atomic mass is 16.3. The zero-order valence-electron chi connectivity index (χ0n) is 9.89. The number of rotatable bonds is 4. The molecule has 0 radical (unpaired) electrons. The van der Waals surface area contributed by atoms with Crippen LogP contribution in [0.15, 0.2) is 18.3 Å². The first-order valence-corrected chi connectivity index (χ1v) is 6.14. The van der Waals surface area contributed by atoms with Gasteiger partial charge in [-0.2, -0.15) is 0 Å². The average Bonchev–Trinajstić information content (AvgIpc) is 2.80. The fourth-order valence-corrected chi connectivity index (χ4v) is 2.20. The number of anilines is 1. The summed E-state index contributed by atoms with van der Waals surface area (Å²) in [6.45, 7) is 4.09. The minimum Gasteiger partial charge on any atom is -0.393 e. The summed E-state index contributed by atoms with van der Waals surface area (Å²) in [5, 5.41) is 9.34. The van der Waals surface area contributed by atoms with Crippen LogP contribution in [0.1, 0.15) is 31.7 Å². The van der Waals surface area contributed by atoms with Gasteiger partial charge in [0, 0.05) is 19.3 Å². The maximum absolute atomic E-state index is 9.34. The van der Waals surface area contributed by atoms with Crippen molar-refractivity contribution in [1.82, 2.24) is 4.98 Å². The quantitative estimate of drug-likeness (QED) is 0.843. The summed E-state index contributed by atoms with van der Waals surface area (Å²) >= 11 is 0. The van der Waals surface area contributed by atoms with Crippen LogP contribution in [0, 0.1) is 0 Å². The van der Waals surface area contributed by atoms with E-state index in [2.05, 4.69) is 16.0 Å². The number of aryl methyl sites for hydroxylation is 1. The molecule has 0 unspecified atom stereocenters. The Hall–Kier alpha value is -1.09. The summed E-state index contributed by atoms with van der Waals surface area (Å²) in [6.07, 6.45) is 5.90. The van der Waals surface area contributed by atoms with Crippen LogP contribution in [0.4, 0.5) is 5.82 Å². The Morgan fingerprint density at radius 1 is 1.44 bits per heavy atom. The number of aromatic nitrogens is 1. The van der Waals surface area contributed by atoms with Crippen molar-refractivity contribution in [2.75, 3.05) is 18.0 Å². The monoisotopic (exact) mass is 220 g/mol. The molecular formula is C13H20N2O. The van der Waals surface area contributed by atoms with E-state index in [-0.39, 0.29) is 6.10 Å². The van der Waals surface area contributed by atoms with Gasteiger partial charge in [-0.25, -0.2) is 4.98 Å². The molecule has 0 aromatic carbocycles. The zero-order valence-corrected chi connectivity index (χ0v) is 9.89. The molecule has 1 N–H and O–H groups in total. The van der Waals surface area contributed by atoms with Crippen LogP contribution >= 0.6 is 0 Å². The molecule has 0 amide bonds. The molecule has 3 nitrogen and oxygen atoms in total. The normalized spacial score (nSPS) is 17.8. The van der Waals surface area contributed by atoms with Gasteiger partial charge in [0.2, 0.25) is 0 Å².